The van der Waals surface area contributed by atoms with Crippen LogP contribution in [0.4, 0.5) is 5.69 Å². The van der Waals surface area contributed by atoms with Crippen LogP contribution in [0.3, 0.4) is 0 Å². The highest BCUT2D eigenvalue weighted by Crippen LogP contribution is 2.24. The first-order chi connectivity index (χ1) is 14.7. The van der Waals surface area contributed by atoms with Crippen LogP contribution in [-0.4, -0.2) is 25.7 Å². The normalized spacial score (nSPS) is 11.7. The van der Waals surface area contributed by atoms with Crippen LogP contribution in [0, 0.1) is 11.3 Å². The summed E-state index contributed by atoms with van der Waals surface area (Å²) < 4.78 is 1.56. The number of aromatic amines is 1. The molecule has 4 rings (SSSR count). The van der Waals surface area contributed by atoms with Crippen molar-refractivity contribution < 1.29 is 4.79 Å². The van der Waals surface area contributed by atoms with Crippen LogP contribution in [0.1, 0.15) is 24.3 Å². The summed E-state index contributed by atoms with van der Waals surface area (Å²) in [6.07, 6.45) is 3.29. The highest BCUT2D eigenvalue weighted by Gasteiger charge is 2.16. The molecule has 0 saturated carbocycles. The molecule has 1 atom stereocenters. The standard InChI is InChI=1S/C22H18N6O2/c23-11-10-16(15-4-2-1-3-5-15)12-20(29)27-17-6-8-18(9-7-17)28-21-19(13-26-28)22(30)25-14-24-21/h1-9,13-14,16H,10,12H2,(H,27,29)(H,24,25,30). The minimum Gasteiger partial charge on any atom is -0.326 e. The lowest BCUT2D eigenvalue weighted by Crippen LogP contribution is -2.15. The number of rotatable bonds is 6. The van der Waals surface area contributed by atoms with E-state index in [9.17, 15) is 9.59 Å². The quantitative estimate of drug-likeness (QED) is 0.517. The lowest BCUT2D eigenvalue weighted by Gasteiger charge is -2.14. The van der Waals surface area contributed by atoms with E-state index in [0.29, 0.717) is 22.4 Å². The first kappa shape index (κ1) is 19.1. The second kappa shape index (κ2) is 8.41. The zero-order chi connectivity index (χ0) is 20.9. The van der Waals surface area contributed by atoms with E-state index in [1.54, 1.807) is 28.9 Å². The second-order valence-electron chi connectivity index (χ2n) is 6.79. The zero-order valence-electron chi connectivity index (χ0n) is 15.9. The van der Waals surface area contributed by atoms with E-state index in [1.165, 1.54) is 12.5 Å². The minimum atomic E-state index is -0.250. The third-order valence-corrected chi connectivity index (χ3v) is 4.81. The van der Waals surface area contributed by atoms with Crippen molar-refractivity contribution in [1.82, 2.24) is 19.7 Å². The lowest BCUT2D eigenvalue weighted by atomic mass is 9.93. The largest absolute Gasteiger partial charge is 0.326 e. The molecule has 0 aliphatic carbocycles. The Hall–Kier alpha value is -4.25. The summed E-state index contributed by atoms with van der Waals surface area (Å²) in [4.78, 5) is 31.0. The van der Waals surface area contributed by atoms with Crippen molar-refractivity contribution in [1.29, 1.82) is 5.26 Å². The smallest absolute Gasteiger partial charge is 0.261 e. The Balaban J connectivity index is 1.48. The Labute approximate surface area is 171 Å². The lowest BCUT2D eigenvalue weighted by molar-refractivity contribution is -0.116. The van der Waals surface area contributed by atoms with E-state index >= 15 is 0 Å². The molecule has 0 aliphatic rings. The first-order valence-corrected chi connectivity index (χ1v) is 9.39. The van der Waals surface area contributed by atoms with E-state index < -0.39 is 0 Å². The number of hydrogen-bond donors (Lipinski definition) is 2. The van der Waals surface area contributed by atoms with Crippen molar-refractivity contribution in [3.8, 4) is 11.8 Å². The molecule has 30 heavy (non-hydrogen) atoms. The Morgan fingerprint density at radius 2 is 1.93 bits per heavy atom. The van der Waals surface area contributed by atoms with Gasteiger partial charge < -0.3 is 10.3 Å². The summed E-state index contributed by atoms with van der Waals surface area (Å²) in [6.45, 7) is 0. The van der Waals surface area contributed by atoms with Crippen molar-refractivity contribution in [2.24, 2.45) is 0 Å². The number of benzene rings is 2. The Kier molecular flexibility index (Phi) is 5.35. The summed E-state index contributed by atoms with van der Waals surface area (Å²) in [5.41, 5.74) is 2.53. The van der Waals surface area contributed by atoms with Crippen LogP contribution < -0.4 is 10.9 Å². The van der Waals surface area contributed by atoms with E-state index in [2.05, 4.69) is 26.5 Å². The average molecular weight is 398 g/mol. The predicted molar refractivity (Wildman–Crippen MR) is 112 cm³/mol. The molecule has 1 amide bonds. The molecule has 0 radical (unpaired) electrons. The number of amides is 1. The molecule has 0 spiro atoms. The van der Waals surface area contributed by atoms with Crippen LogP contribution in [0.25, 0.3) is 16.7 Å². The molecule has 8 nitrogen and oxygen atoms in total. The Bertz CT molecular complexity index is 1270. The van der Waals surface area contributed by atoms with Gasteiger partial charge >= 0.3 is 0 Å². The van der Waals surface area contributed by atoms with Crippen LogP contribution >= 0.6 is 0 Å². The number of carbonyl (C=O) groups is 1. The van der Waals surface area contributed by atoms with E-state index in [1.807, 2.05) is 30.3 Å². The third-order valence-electron chi connectivity index (χ3n) is 4.81. The van der Waals surface area contributed by atoms with Crippen molar-refractivity contribution in [3.63, 3.8) is 0 Å². The molecule has 0 fully saturated rings. The van der Waals surface area contributed by atoms with E-state index in [0.717, 1.165) is 5.56 Å². The number of H-pyrrole nitrogens is 1. The molecule has 0 aliphatic heterocycles. The van der Waals surface area contributed by atoms with Gasteiger partial charge in [0, 0.05) is 24.4 Å². The molecule has 1 unspecified atom stereocenters. The second-order valence-corrected chi connectivity index (χ2v) is 6.79. The Morgan fingerprint density at radius 3 is 2.67 bits per heavy atom. The van der Waals surface area contributed by atoms with Gasteiger partial charge in [0.2, 0.25) is 5.91 Å². The molecule has 2 aromatic heterocycles. The van der Waals surface area contributed by atoms with Crippen LogP contribution in [0.2, 0.25) is 0 Å². The third kappa shape index (κ3) is 3.95. The van der Waals surface area contributed by atoms with Crippen LogP contribution in [-0.2, 0) is 4.79 Å². The highest BCUT2D eigenvalue weighted by atomic mass is 16.1. The average Bonchev–Trinajstić information content (AvgIpc) is 3.20. The highest BCUT2D eigenvalue weighted by molar-refractivity contribution is 5.91. The molecule has 0 bridgehead atoms. The van der Waals surface area contributed by atoms with Gasteiger partial charge in [-0.25, -0.2) is 9.67 Å². The molecule has 4 aromatic rings. The Morgan fingerprint density at radius 1 is 1.17 bits per heavy atom. The number of nitriles is 1. The van der Waals surface area contributed by atoms with Gasteiger partial charge in [0.25, 0.3) is 5.56 Å². The van der Waals surface area contributed by atoms with Gasteiger partial charge in [0.05, 0.1) is 24.3 Å². The monoisotopic (exact) mass is 398 g/mol. The molecule has 2 aromatic carbocycles. The molecular weight excluding hydrogens is 380 g/mol. The van der Waals surface area contributed by atoms with Gasteiger partial charge in [-0.15, -0.1) is 0 Å². The number of nitrogens with zero attached hydrogens (tertiary/aromatic N) is 4. The number of anilines is 1. The van der Waals surface area contributed by atoms with Crippen LogP contribution in [0.5, 0.6) is 0 Å². The minimum absolute atomic E-state index is 0.157. The summed E-state index contributed by atoms with van der Waals surface area (Å²) in [5.74, 6) is -0.320. The topological polar surface area (TPSA) is 116 Å². The maximum Gasteiger partial charge on any atom is 0.261 e. The van der Waals surface area contributed by atoms with Crippen LogP contribution in [0.15, 0.2) is 71.9 Å². The van der Waals surface area contributed by atoms with Gasteiger partial charge in [-0.3, -0.25) is 9.59 Å². The maximum atomic E-state index is 12.5. The molecule has 0 saturated heterocycles. The number of aromatic nitrogens is 4. The van der Waals surface area contributed by atoms with E-state index in [4.69, 9.17) is 5.26 Å². The summed E-state index contributed by atoms with van der Waals surface area (Å²) in [7, 11) is 0. The number of carbonyl (C=O) groups excluding carboxylic acids is 1. The SMILES string of the molecule is N#CCC(CC(=O)Nc1ccc(-n2ncc3c(=O)[nH]cnc32)cc1)c1ccccc1. The van der Waals surface area contributed by atoms with Gasteiger partial charge in [-0.1, -0.05) is 30.3 Å². The van der Waals surface area contributed by atoms with Crippen molar-refractivity contribution in [2.75, 3.05) is 5.32 Å². The van der Waals surface area contributed by atoms with Gasteiger partial charge in [-0.05, 0) is 29.8 Å². The summed E-state index contributed by atoms with van der Waals surface area (Å²) >= 11 is 0. The predicted octanol–water partition coefficient (Wildman–Crippen LogP) is 3.13. The molecule has 148 valence electrons. The summed E-state index contributed by atoms with van der Waals surface area (Å²) in [6, 6.07) is 18.8. The van der Waals surface area contributed by atoms with Gasteiger partial charge in [0.15, 0.2) is 5.65 Å². The molecule has 2 heterocycles. The first-order valence-electron chi connectivity index (χ1n) is 9.39. The molecule has 2 N–H and O–H groups in total. The fourth-order valence-corrected chi connectivity index (χ4v) is 3.31. The van der Waals surface area contributed by atoms with Crippen molar-refractivity contribution >= 4 is 22.6 Å². The van der Waals surface area contributed by atoms with Crippen molar-refractivity contribution in [2.45, 2.75) is 18.8 Å². The maximum absolute atomic E-state index is 12.5. The summed E-state index contributed by atoms with van der Waals surface area (Å²) in [5, 5.41) is 16.6. The zero-order valence-corrected chi connectivity index (χ0v) is 15.9. The van der Waals surface area contributed by atoms with Crippen molar-refractivity contribution in [3.05, 3.63) is 83.0 Å². The van der Waals surface area contributed by atoms with E-state index in [-0.39, 0.29) is 30.2 Å². The number of nitrogens with one attached hydrogen (secondary N) is 2. The van der Waals surface area contributed by atoms with Gasteiger partial charge in [-0.2, -0.15) is 10.4 Å². The fraction of sp³-hybridized carbons (Fsp3) is 0.136. The number of hydrogen-bond acceptors (Lipinski definition) is 5. The molecular formula is C22H18N6O2. The fourth-order valence-electron chi connectivity index (χ4n) is 3.31. The van der Waals surface area contributed by atoms with Gasteiger partial charge in [0.1, 0.15) is 5.39 Å². The molecule has 8 heteroatoms. The number of fused-ring (bicyclic) bond motifs is 1.